The summed E-state index contributed by atoms with van der Waals surface area (Å²) in [4.78, 5) is 27.6. The highest BCUT2D eigenvalue weighted by atomic mass is 16.6. The number of nitrogens with zero attached hydrogens (tertiary/aromatic N) is 2. The third-order valence-corrected chi connectivity index (χ3v) is 3.69. The van der Waals surface area contributed by atoms with Gasteiger partial charge in [0.05, 0.1) is 0 Å². The fourth-order valence-electron chi connectivity index (χ4n) is 2.80. The van der Waals surface area contributed by atoms with Crippen LogP contribution in [-0.4, -0.2) is 53.6 Å². The zero-order valence-electron chi connectivity index (χ0n) is 13.4. The molecule has 0 radical (unpaired) electrons. The van der Waals surface area contributed by atoms with E-state index in [-0.39, 0.29) is 22.8 Å². The molecule has 0 aromatic heterocycles. The minimum absolute atomic E-state index is 0.123. The Bertz CT molecular complexity index is 417. The van der Waals surface area contributed by atoms with Gasteiger partial charge in [0, 0.05) is 37.0 Å². The smallest absolute Gasteiger partial charge is 0.410 e. The molecule has 1 spiro atoms. The fourth-order valence-corrected chi connectivity index (χ4v) is 2.80. The molecule has 2 fully saturated rings. The van der Waals surface area contributed by atoms with E-state index < -0.39 is 5.60 Å². The lowest BCUT2D eigenvalue weighted by atomic mass is 9.72. The van der Waals surface area contributed by atoms with Gasteiger partial charge in [-0.2, -0.15) is 0 Å². The number of ether oxygens (including phenoxy) is 1. The second-order valence-corrected chi connectivity index (χ2v) is 8.25. The van der Waals surface area contributed by atoms with E-state index in [4.69, 9.17) is 4.74 Å². The van der Waals surface area contributed by atoms with E-state index in [1.807, 2.05) is 46.4 Å². The summed E-state index contributed by atoms with van der Waals surface area (Å²) in [6, 6.07) is 0. The van der Waals surface area contributed by atoms with Crippen molar-refractivity contribution in [1.29, 1.82) is 0 Å². The number of carbonyl (C=O) groups is 2. The monoisotopic (exact) mass is 282 g/mol. The van der Waals surface area contributed by atoms with Crippen molar-refractivity contribution in [3.05, 3.63) is 0 Å². The third kappa shape index (κ3) is 2.91. The first kappa shape index (κ1) is 15.1. The third-order valence-electron chi connectivity index (χ3n) is 3.69. The number of amides is 2. The number of hydrogen-bond acceptors (Lipinski definition) is 3. The van der Waals surface area contributed by atoms with E-state index in [0.29, 0.717) is 13.1 Å². The fraction of sp³-hybridized carbons (Fsp3) is 0.867. The van der Waals surface area contributed by atoms with E-state index in [9.17, 15) is 9.59 Å². The summed E-state index contributed by atoms with van der Waals surface area (Å²) >= 11 is 0. The van der Waals surface area contributed by atoms with Gasteiger partial charge in [0.15, 0.2) is 0 Å². The van der Waals surface area contributed by atoms with Gasteiger partial charge in [-0.05, 0) is 20.8 Å². The molecular weight excluding hydrogens is 256 g/mol. The van der Waals surface area contributed by atoms with Gasteiger partial charge in [-0.3, -0.25) is 4.79 Å². The molecule has 0 saturated carbocycles. The molecule has 0 N–H and O–H groups in total. The molecule has 0 aliphatic carbocycles. The second-order valence-electron chi connectivity index (χ2n) is 8.25. The molecule has 0 bridgehead atoms. The summed E-state index contributed by atoms with van der Waals surface area (Å²) in [5.74, 6) is 0.193. The van der Waals surface area contributed by atoms with Crippen LogP contribution in [0.2, 0.25) is 0 Å². The normalized spacial score (nSPS) is 21.3. The molecule has 0 aromatic rings. The number of hydrogen-bond donors (Lipinski definition) is 0. The first-order valence-electron chi connectivity index (χ1n) is 7.19. The van der Waals surface area contributed by atoms with Crippen molar-refractivity contribution in [3.8, 4) is 0 Å². The minimum Gasteiger partial charge on any atom is -0.444 e. The zero-order chi connectivity index (χ0) is 15.3. The van der Waals surface area contributed by atoms with E-state index in [0.717, 1.165) is 13.1 Å². The summed E-state index contributed by atoms with van der Waals surface area (Å²) in [5.41, 5.74) is -0.651. The number of rotatable bonds is 0. The zero-order valence-corrected chi connectivity index (χ0v) is 13.4. The topological polar surface area (TPSA) is 49.9 Å². The highest BCUT2D eigenvalue weighted by Gasteiger charge is 2.56. The Hall–Kier alpha value is -1.26. The van der Waals surface area contributed by atoms with Gasteiger partial charge in [-0.15, -0.1) is 0 Å². The second kappa shape index (κ2) is 4.37. The average molecular weight is 282 g/mol. The van der Waals surface area contributed by atoms with Crippen LogP contribution in [0.5, 0.6) is 0 Å². The van der Waals surface area contributed by atoms with E-state index in [1.54, 1.807) is 4.90 Å². The van der Waals surface area contributed by atoms with Gasteiger partial charge < -0.3 is 14.5 Å². The van der Waals surface area contributed by atoms with Crippen LogP contribution in [0.1, 0.15) is 41.5 Å². The molecule has 2 heterocycles. The quantitative estimate of drug-likeness (QED) is 0.684. The van der Waals surface area contributed by atoms with E-state index in [2.05, 4.69) is 0 Å². The maximum Gasteiger partial charge on any atom is 0.410 e. The first-order chi connectivity index (χ1) is 8.92. The molecule has 2 aliphatic rings. The SMILES string of the molecule is CC(C)(C)OC(=O)N1CC2(C1)CN(C(=O)C(C)(C)C)C2. The summed E-state index contributed by atoms with van der Waals surface area (Å²) < 4.78 is 5.34. The summed E-state index contributed by atoms with van der Waals surface area (Å²) in [7, 11) is 0. The van der Waals surface area contributed by atoms with Gasteiger partial charge in [0.1, 0.15) is 5.60 Å². The van der Waals surface area contributed by atoms with Crippen LogP contribution in [0.3, 0.4) is 0 Å². The van der Waals surface area contributed by atoms with Crippen LogP contribution in [0.25, 0.3) is 0 Å². The molecule has 5 heteroatoms. The van der Waals surface area contributed by atoms with Crippen LogP contribution in [0.4, 0.5) is 4.79 Å². The van der Waals surface area contributed by atoms with Crippen LogP contribution < -0.4 is 0 Å². The molecule has 2 saturated heterocycles. The average Bonchev–Trinajstić information content (AvgIpc) is 2.07. The molecule has 5 nitrogen and oxygen atoms in total. The van der Waals surface area contributed by atoms with Crippen LogP contribution >= 0.6 is 0 Å². The van der Waals surface area contributed by atoms with Crippen molar-refractivity contribution in [2.24, 2.45) is 10.8 Å². The van der Waals surface area contributed by atoms with Crippen LogP contribution in [-0.2, 0) is 9.53 Å². The highest BCUT2D eigenvalue weighted by molar-refractivity contribution is 5.82. The van der Waals surface area contributed by atoms with Crippen molar-refractivity contribution in [2.45, 2.75) is 47.1 Å². The Morgan fingerprint density at radius 1 is 0.900 bits per heavy atom. The van der Waals surface area contributed by atoms with Crippen molar-refractivity contribution < 1.29 is 14.3 Å². The summed E-state index contributed by atoms with van der Waals surface area (Å²) in [6.07, 6.45) is -0.247. The van der Waals surface area contributed by atoms with Crippen molar-refractivity contribution in [3.63, 3.8) is 0 Å². The predicted molar refractivity (Wildman–Crippen MR) is 76.3 cm³/mol. The van der Waals surface area contributed by atoms with Gasteiger partial charge in [0.2, 0.25) is 5.91 Å². The molecule has 0 aromatic carbocycles. The maximum absolute atomic E-state index is 12.1. The molecule has 2 amide bonds. The molecule has 0 unspecified atom stereocenters. The first-order valence-corrected chi connectivity index (χ1v) is 7.19. The molecule has 2 rings (SSSR count). The van der Waals surface area contributed by atoms with Crippen LogP contribution in [0, 0.1) is 10.8 Å². The van der Waals surface area contributed by atoms with Crippen molar-refractivity contribution in [1.82, 2.24) is 9.80 Å². The predicted octanol–water partition coefficient (Wildman–Crippen LogP) is 2.11. The van der Waals surface area contributed by atoms with Crippen molar-refractivity contribution in [2.75, 3.05) is 26.2 Å². The Labute approximate surface area is 121 Å². The lowest BCUT2D eigenvalue weighted by Crippen LogP contribution is -2.74. The largest absolute Gasteiger partial charge is 0.444 e. The van der Waals surface area contributed by atoms with Crippen molar-refractivity contribution >= 4 is 12.0 Å². The van der Waals surface area contributed by atoms with Gasteiger partial charge in [0.25, 0.3) is 0 Å². The van der Waals surface area contributed by atoms with Gasteiger partial charge in [-0.25, -0.2) is 4.79 Å². The molecular formula is C15H26N2O3. The maximum atomic E-state index is 12.1. The van der Waals surface area contributed by atoms with E-state index >= 15 is 0 Å². The molecule has 114 valence electrons. The minimum atomic E-state index is -0.451. The Morgan fingerprint density at radius 3 is 1.75 bits per heavy atom. The Kier molecular flexibility index (Phi) is 3.30. The Morgan fingerprint density at radius 2 is 1.35 bits per heavy atom. The standard InChI is InChI=1S/C15H26N2O3/c1-13(2,3)11(18)16-7-15(8-16)9-17(10-15)12(19)20-14(4,5)6/h7-10H2,1-6H3. The van der Waals surface area contributed by atoms with Gasteiger partial charge >= 0.3 is 6.09 Å². The molecule has 2 aliphatic heterocycles. The van der Waals surface area contributed by atoms with Gasteiger partial charge in [-0.1, -0.05) is 20.8 Å². The lowest BCUT2D eigenvalue weighted by Gasteiger charge is -2.60. The molecule has 20 heavy (non-hydrogen) atoms. The van der Waals surface area contributed by atoms with E-state index in [1.165, 1.54) is 0 Å². The summed E-state index contributed by atoms with van der Waals surface area (Å²) in [6.45, 7) is 14.4. The molecule has 0 atom stereocenters. The summed E-state index contributed by atoms with van der Waals surface area (Å²) in [5, 5.41) is 0. The Balaban J connectivity index is 1.79. The number of likely N-dealkylation sites (tertiary alicyclic amines) is 2. The van der Waals surface area contributed by atoms with Crippen LogP contribution in [0.15, 0.2) is 0 Å². The highest BCUT2D eigenvalue weighted by Crippen LogP contribution is 2.41. The number of carbonyl (C=O) groups excluding carboxylic acids is 2. The lowest BCUT2D eigenvalue weighted by molar-refractivity contribution is -0.164.